The number of aliphatic carboxylic acids is 1. The molecule has 2 aromatic rings. The Balaban J connectivity index is 2.20. The minimum absolute atomic E-state index is 0.0912. The Morgan fingerprint density at radius 3 is 2.69 bits per heavy atom. The minimum Gasteiger partial charge on any atom is -0.550 e. The molecule has 0 saturated carbocycles. The van der Waals surface area contributed by atoms with Crippen LogP contribution < -0.4 is 5.11 Å². The molecule has 0 amide bonds. The average Bonchev–Trinajstić information content (AvgIpc) is 2.29. The van der Waals surface area contributed by atoms with Crippen LogP contribution in [0.1, 0.15) is 6.42 Å². The van der Waals surface area contributed by atoms with Crippen molar-refractivity contribution in [3.05, 3.63) is 42.5 Å². The molecule has 0 aliphatic heterocycles. The first-order chi connectivity index (χ1) is 7.77. The van der Waals surface area contributed by atoms with Crippen LogP contribution in [0.3, 0.4) is 0 Å². The maximum atomic E-state index is 10.3. The Morgan fingerprint density at radius 1 is 1.12 bits per heavy atom. The standard InChI is InChI=1S/C13H12O2S/c14-13(15)8-9-16-12-7-3-5-10-4-1-2-6-11(10)12/h1-7H,8-9H2,(H,14,15)/p-1. The van der Waals surface area contributed by atoms with Gasteiger partial charge in [0, 0.05) is 16.6 Å². The lowest BCUT2D eigenvalue weighted by molar-refractivity contribution is -0.305. The lowest BCUT2D eigenvalue weighted by Crippen LogP contribution is -2.22. The van der Waals surface area contributed by atoms with Gasteiger partial charge in [-0.05, 0) is 23.3 Å². The van der Waals surface area contributed by atoms with E-state index < -0.39 is 5.97 Å². The molecule has 0 fully saturated rings. The Morgan fingerprint density at radius 2 is 1.88 bits per heavy atom. The molecule has 0 unspecified atom stereocenters. The number of benzene rings is 2. The van der Waals surface area contributed by atoms with Gasteiger partial charge < -0.3 is 9.90 Å². The van der Waals surface area contributed by atoms with Crippen LogP contribution in [0.25, 0.3) is 10.8 Å². The first-order valence-corrected chi connectivity index (χ1v) is 6.06. The third-order valence-electron chi connectivity index (χ3n) is 2.31. The van der Waals surface area contributed by atoms with Crippen molar-refractivity contribution < 1.29 is 9.90 Å². The maximum Gasteiger partial charge on any atom is 0.0422 e. The number of carbonyl (C=O) groups is 1. The number of carbonyl (C=O) groups excluding carboxylic acids is 1. The van der Waals surface area contributed by atoms with Crippen LogP contribution in [-0.4, -0.2) is 11.7 Å². The molecule has 0 aliphatic carbocycles. The second-order valence-corrected chi connectivity index (χ2v) is 4.58. The van der Waals surface area contributed by atoms with Crippen LogP contribution in [0, 0.1) is 0 Å². The second kappa shape index (κ2) is 5.03. The topological polar surface area (TPSA) is 40.1 Å². The van der Waals surface area contributed by atoms with E-state index in [2.05, 4.69) is 18.2 Å². The quantitative estimate of drug-likeness (QED) is 0.756. The highest BCUT2D eigenvalue weighted by Gasteiger charge is 2.00. The first kappa shape index (κ1) is 11.0. The zero-order valence-corrected chi connectivity index (χ0v) is 9.50. The minimum atomic E-state index is -0.993. The number of carboxylic acid groups (broad SMARTS) is 1. The van der Waals surface area contributed by atoms with Gasteiger partial charge in [-0.25, -0.2) is 0 Å². The van der Waals surface area contributed by atoms with E-state index in [1.807, 2.05) is 24.3 Å². The number of hydrogen-bond acceptors (Lipinski definition) is 3. The third-order valence-corrected chi connectivity index (χ3v) is 3.39. The summed E-state index contributed by atoms with van der Waals surface area (Å²) in [5, 5.41) is 12.7. The van der Waals surface area contributed by atoms with Crippen molar-refractivity contribution in [1.29, 1.82) is 0 Å². The first-order valence-electron chi connectivity index (χ1n) is 5.08. The predicted octanol–water partition coefficient (Wildman–Crippen LogP) is 2.07. The van der Waals surface area contributed by atoms with Gasteiger partial charge in [0.25, 0.3) is 0 Å². The van der Waals surface area contributed by atoms with E-state index in [4.69, 9.17) is 0 Å². The third kappa shape index (κ3) is 2.55. The fourth-order valence-electron chi connectivity index (χ4n) is 1.57. The van der Waals surface area contributed by atoms with Crippen LogP contribution in [0.4, 0.5) is 0 Å². The molecule has 2 nitrogen and oxygen atoms in total. The molecule has 2 aromatic carbocycles. The van der Waals surface area contributed by atoms with Crippen LogP contribution in [0.15, 0.2) is 47.4 Å². The van der Waals surface area contributed by atoms with E-state index in [0.29, 0.717) is 5.75 Å². The highest BCUT2D eigenvalue weighted by Crippen LogP contribution is 2.27. The monoisotopic (exact) mass is 231 g/mol. The van der Waals surface area contributed by atoms with Crippen LogP contribution in [0.5, 0.6) is 0 Å². The second-order valence-electron chi connectivity index (χ2n) is 3.45. The van der Waals surface area contributed by atoms with Gasteiger partial charge in [0.1, 0.15) is 0 Å². The molecule has 0 bridgehead atoms. The van der Waals surface area contributed by atoms with Crippen molar-refractivity contribution in [2.45, 2.75) is 11.3 Å². The fourth-order valence-corrected chi connectivity index (χ4v) is 2.57. The summed E-state index contributed by atoms with van der Waals surface area (Å²) in [5.74, 6) is -0.441. The molecule has 0 aliphatic rings. The average molecular weight is 231 g/mol. The molecule has 3 heteroatoms. The number of hydrogen-bond donors (Lipinski definition) is 0. The zero-order valence-electron chi connectivity index (χ0n) is 8.68. The molecule has 0 atom stereocenters. The van der Waals surface area contributed by atoms with E-state index >= 15 is 0 Å². The van der Waals surface area contributed by atoms with E-state index in [1.54, 1.807) is 11.8 Å². The largest absolute Gasteiger partial charge is 0.550 e. The molecular weight excluding hydrogens is 220 g/mol. The lowest BCUT2D eigenvalue weighted by atomic mass is 10.1. The van der Waals surface area contributed by atoms with Gasteiger partial charge in [-0.2, -0.15) is 0 Å². The summed E-state index contributed by atoms with van der Waals surface area (Å²) >= 11 is 1.56. The molecule has 82 valence electrons. The highest BCUT2D eigenvalue weighted by molar-refractivity contribution is 7.99. The van der Waals surface area contributed by atoms with Crippen molar-refractivity contribution in [3.63, 3.8) is 0 Å². The molecule has 0 spiro atoms. The summed E-state index contributed by atoms with van der Waals surface area (Å²) in [4.78, 5) is 11.5. The van der Waals surface area contributed by atoms with Crippen LogP contribution in [0.2, 0.25) is 0 Å². The van der Waals surface area contributed by atoms with Crippen LogP contribution >= 0.6 is 11.8 Å². The number of fused-ring (bicyclic) bond motifs is 1. The Bertz CT molecular complexity index is 503. The summed E-state index contributed by atoms with van der Waals surface area (Å²) in [6, 6.07) is 14.2. The van der Waals surface area contributed by atoms with E-state index in [1.165, 1.54) is 10.8 Å². The van der Waals surface area contributed by atoms with Gasteiger partial charge in [0.15, 0.2) is 0 Å². The van der Waals surface area contributed by atoms with Gasteiger partial charge in [0.05, 0.1) is 0 Å². The maximum absolute atomic E-state index is 10.3. The number of carboxylic acids is 1. The molecule has 0 N–H and O–H groups in total. The summed E-state index contributed by atoms with van der Waals surface area (Å²) in [7, 11) is 0. The molecule has 0 heterocycles. The van der Waals surface area contributed by atoms with E-state index in [-0.39, 0.29) is 6.42 Å². The van der Waals surface area contributed by atoms with Gasteiger partial charge in [-0.3, -0.25) is 0 Å². The molecule has 0 saturated heterocycles. The molecule has 16 heavy (non-hydrogen) atoms. The Kier molecular flexibility index (Phi) is 3.47. The highest BCUT2D eigenvalue weighted by atomic mass is 32.2. The van der Waals surface area contributed by atoms with E-state index in [9.17, 15) is 9.90 Å². The lowest BCUT2D eigenvalue weighted by Gasteiger charge is -2.06. The van der Waals surface area contributed by atoms with Crippen molar-refractivity contribution >= 4 is 28.5 Å². The summed E-state index contributed by atoms with van der Waals surface area (Å²) in [6.07, 6.45) is 0.0912. The van der Waals surface area contributed by atoms with Crippen molar-refractivity contribution in [3.8, 4) is 0 Å². The summed E-state index contributed by atoms with van der Waals surface area (Å²) in [5.41, 5.74) is 0. The van der Waals surface area contributed by atoms with Gasteiger partial charge in [-0.15, -0.1) is 11.8 Å². The zero-order chi connectivity index (χ0) is 11.4. The fraction of sp³-hybridized carbons (Fsp3) is 0.154. The molecule has 0 aromatic heterocycles. The van der Waals surface area contributed by atoms with Gasteiger partial charge in [-0.1, -0.05) is 36.4 Å². The molecule has 0 radical (unpaired) electrons. The Labute approximate surface area is 98.3 Å². The van der Waals surface area contributed by atoms with Crippen molar-refractivity contribution in [2.24, 2.45) is 0 Å². The molecular formula is C13H11O2S-. The van der Waals surface area contributed by atoms with Crippen molar-refractivity contribution in [2.75, 3.05) is 5.75 Å². The summed E-state index contributed by atoms with van der Waals surface area (Å²) < 4.78 is 0. The smallest absolute Gasteiger partial charge is 0.0422 e. The van der Waals surface area contributed by atoms with Gasteiger partial charge >= 0.3 is 0 Å². The Hall–Kier alpha value is -1.48. The molecule has 2 rings (SSSR count). The SMILES string of the molecule is O=C([O-])CCSc1cccc2ccccc12. The normalized spacial score (nSPS) is 10.5. The number of rotatable bonds is 4. The van der Waals surface area contributed by atoms with Crippen molar-refractivity contribution in [1.82, 2.24) is 0 Å². The number of thioether (sulfide) groups is 1. The predicted molar refractivity (Wildman–Crippen MR) is 64.3 cm³/mol. The summed E-state index contributed by atoms with van der Waals surface area (Å²) in [6.45, 7) is 0. The van der Waals surface area contributed by atoms with E-state index in [0.717, 1.165) is 4.90 Å². The van der Waals surface area contributed by atoms with Gasteiger partial charge in [0.2, 0.25) is 0 Å². The van der Waals surface area contributed by atoms with Crippen LogP contribution in [-0.2, 0) is 4.79 Å².